The summed E-state index contributed by atoms with van der Waals surface area (Å²) in [4.78, 5) is 25.2. The number of aromatic nitrogens is 2. The highest BCUT2D eigenvalue weighted by Crippen LogP contribution is 2.27. The predicted octanol–water partition coefficient (Wildman–Crippen LogP) is 1.60. The number of primary amides is 1. The van der Waals surface area contributed by atoms with Crippen LogP contribution in [0.3, 0.4) is 0 Å². The Morgan fingerprint density at radius 3 is 2.62 bits per heavy atom. The number of nitrogens with zero attached hydrogens (tertiary/aromatic N) is 2. The van der Waals surface area contributed by atoms with Gasteiger partial charge in [0.05, 0.1) is 6.42 Å². The summed E-state index contributed by atoms with van der Waals surface area (Å²) in [5, 5.41) is 6.73. The molecule has 0 atom stereocenters. The lowest BCUT2D eigenvalue weighted by Gasteiger charge is -2.31. The number of carbonyl (C=O) groups excluding carboxylic acids is 2. The Morgan fingerprint density at radius 1 is 1.29 bits per heavy atom. The number of nitrogens with two attached hydrogens (primary N) is 1. The summed E-state index contributed by atoms with van der Waals surface area (Å²) in [6.45, 7) is 1.20. The number of carbonyl (C=O) groups is 2. The first-order valence-electron chi connectivity index (χ1n) is 7.91. The van der Waals surface area contributed by atoms with Crippen LogP contribution in [0.4, 0.5) is 4.39 Å². The largest absolute Gasteiger partial charge is 0.364 e. The van der Waals surface area contributed by atoms with Crippen LogP contribution in [-0.2, 0) is 11.2 Å². The van der Waals surface area contributed by atoms with Crippen molar-refractivity contribution in [3.8, 4) is 0 Å². The zero-order valence-electron chi connectivity index (χ0n) is 13.2. The topological polar surface area (TPSA) is 92.1 Å². The van der Waals surface area contributed by atoms with E-state index >= 15 is 0 Å². The van der Waals surface area contributed by atoms with Crippen molar-refractivity contribution in [2.75, 3.05) is 13.1 Å². The Bertz CT molecular complexity index is 751. The highest BCUT2D eigenvalue weighted by Gasteiger charge is 2.25. The smallest absolute Gasteiger partial charge is 0.269 e. The molecule has 0 saturated carbocycles. The van der Waals surface area contributed by atoms with E-state index in [0.717, 1.165) is 18.5 Å². The number of piperidine rings is 1. The Labute approximate surface area is 138 Å². The van der Waals surface area contributed by atoms with Gasteiger partial charge in [0.2, 0.25) is 5.91 Å². The first-order valence-corrected chi connectivity index (χ1v) is 7.91. The molecule has 0 aliphatic carbocycles. The summed E-state index contributed by atoms with van der Waals surface area (Å²) < 4.78 is 13.6. The molecule has 1 saturated heterocycles. The Balaban J connectivity index is 1.57. The third-order valence-electron chi connectivity index (χ3n) is 4.44. The zero-order valence-corrected chi connectivity index (χ0v) is 13.2. The number of benzene rings is 1. The molecule has 0 radical (unpaired) electrons. The highest BCUT2D eigenvalue weighted by atomic mass is 19.1. The molecule has 3 N–H and O–H groups in total. The van der Waals surface area contributed by atoms with Crippen molar-refractivity contribution in [1.29, 1.82) is 0 Å². The molecule has 24 heavy (non-hydrogen) atoms. The number of hydrogen-bond acceptors (Lipinski definition) is 3. The number of amides is 2. The number of H-pyrrole nitrogens is 1. The maximum absolute atomic E-state index is 13.6. The van der Waals surface area contributed by atoms with Crippen molar-refractivity contribution in [3.05, 3.63) is 53.1 Å². The van der Waals surface area contributed by atoms with Crippen LogP contribution in [0, 0.1) is 5.82 Å². The molecule has 126 valence electrons. The monoisotopic (exact) mass is 330 g/mol. The van der Waals surface area contributed by atoms with Gasteiger partial charge in [-0.05, 0) is 30.5 Å². The van der Waals surface area contributed by atoms with Gasteiger partial charge in [0.25, 0.3) is 5.91 Å². The summed E-state index contributed by atoms with van der Waals surface area (Å²) in [5.41, 5.74) is 6.71. The van der Waals surface area contributed by atoms with Crippen molar-refractivity contribution in [1.82, 2.24) is 15.1 Å². The minimum atomic E-state index is -0.560. The van der Waals surface area contributed by atoms with Gasteiger partial charge in [-0.15, -0.1) is 0 Å². The Hall–Kier alpha value is -2.70. The minimum absolute atomic E-state index is 0.0685. The number of halogens is 1. The van der Waals surface area contributed by atoms with E-state index in [9.17, 15) is 14.0 Å². The van der Waals surface area contributed by atoms with Gasteiger partial charge in [-0.25, -0.2) is 4.39 Å². The van der Waals surface area contributed by atoms with E-state index < -0.39 is 5.91 Å². The molecule has 1 aromatic heterocycles. The highest BCUT2D eigenvalue weighted by molar-refractivity contribution is 5.90. The third-order valence-corrected chi connectivity index (χ3v) is 4.44. The second-order valence-corrected chi connectivity index (χ2v) is 6.00. The average molecular weight is 330 g/mol. The molecular weight excluding hydrogens is 311 g/mol. The molecule has 0 unspecified atom stereocenters. The van der Waals surface area contributed by atoms with E-state index in [0.29, 0.717) is 18.7 Å². The molecule has 1 aliphatic heterocycles. The first-order chi connectivity index (χ1) is 11.5. The number of likely N-dealkylation sites (tertiary alicyclic amines) is 1. The van der Waals surface area contributed by atoms with Crippen molar-refractivity contribution >= 4 is 11.8 Å². The molecule has 3 rings (SSSR count). The van der Waals surface area contributed by atoms with Gasteiger partial charge in [0, 0.05) is 24.7 Å². The lowest BCUT2D eigenvalue weighted by molar-refractivity contribution is -0.131. The van der Waals surface area contributed by atoms with Crippen molar-refractivity contribution in [3.63, 3.8) is 0 Å². The van der Waals surface area contributed by atoms with Crippen LogP contribution in [-0.4, -0.2) is 40.0 Å². The normalized spacial score (nSPS) is 15.5. The first kappa shape index (κ1) is 16.2. The SMILES string of the molecule is NC(=O)c1cc(C2CCN(C(=O)Cc3ccccc3F)CC2)[nH]n1. The van der Waals surface area contributed by atoms with Gasteiger partial charge in [-0.2, -0.15) is 5.10 Å². The van der Waals surface area contributed by atoms with Crippen LogP contribution < -0.4 is 5.73 Å². The van der Waals surface area contributed by atoms with Gasteiger partial charge >= 0.3 is 0 Å². The molecule has 2 heterocycles. The number of nitrogens with one attached hydrogen (secondary N) is 1. The van der Waals surface area contributed by atoms with Gasteiger partial charge in [-0.3, -0.25) is 14.7 Å². The molecular formula is C17H19FN4O2. The third kappa shape index (κ3) is 3.45. The van der Waals surface area contributed by atoms with Crippen LogP contribution >= 0.6 is 0 Å². The molecule has 6 nitrogen and oxygen atoms in total. The Kier molecular flexibility index (Phi) is 4.59. The van der Waals surface area contributed by atoms with E-state index in [1.165, 1.54) is 6.07 Å². The molecule has 1 fully saturated rings. The van der Waals surface area contributed by atoms with Gasteiger partial charge in [0.1, 0.15) is 11.5 Å². The lowest BCUT2D eigenvalue weighted by atomic mass is 9.93. The molecule has 2 aromatic rings. The maximum atomic E-state index is 13.6. The van der Waals surface area contributed by atoms with E-state index in [4.69, 9.17) is 5.73 Å². The molecule has 2 amide bonds. The summed E-state index contributed by atoms with van der Waals surface area (Å²) in [5.74, 6) is -0.767. The fraction of sp³-hybridized carbons (Fsp3) is 0.353. The average Bonchev–Trinajstić information content (AvgIpc) is 3.07. The maximum Gasteiger partial charge on any atom is 0.269 e. The minimum Gasteiger partial charge on any atom is -0.364 e. The van der Waals surface area contributed by atoms with E-state index in [2.05, 4.69) is 10.2 Å². The fourth-order valence-electron chi connectivity index (χ4n) is 3.03. The second kappa shape index (κ2) is 6.82. The van der Waals surface area contributed by atoms with Crippen LogP contribution in [0.1, 0.15) is 40.5 Å². The predicted molar refractivity (Wildman–Crippen MR) is 85.8 cm³/mol. The van der Waals surface area contributed by atoms with Crippen molar-refractivity contribution in [2.45, 2.75) is 25.2 Å². The van der Waals surface area contributed by atoms with E-state index in [1.54, 1.807) is 29.2 Å². The summed E-state index contributed by atoms with van der Waals surface area (Å²) >= 11 is 0. The number of aromatic amines is 1. The quantitative estimate of drug-likeness (QED) is 0.892. The van der Waals surface area contributed by atoms with Gasteiger partial charge < -0.3 is 10.6 Å². The van der Waals surface area contributed by atoms with Crippen molar-refractivity contribution < 1.29 is 14.0 Å². The molecule has 1 aliphatic rings. The van der Waals surface area contributed by atoms with Gasteiger partial charge in [0.15, 0.2) is 0 Å². The fourth-order valence-corrected chi connectivity index (χ4v) is 3.03. The zero-order chi connectivity index (χ0) is 17.1. The summed E-state index contributed by atoms with van der Waals surface area (Å²) in [6, 6.07) is 8.01. The van der Waals surface area contributed by atoms with Gasteiger partial charge in [-0.1, -0.05) is 18.2 Å². The number of rotatable bonds is 4. The number of hydrogen-bond donors (Lipinski definition) is 2. The molecule has 7 heteroatoms. The molecule has 1 aromatic carbocycles. The summed E-state index contributed by atoms with van der Waals surface area (Å²) in [7, 11) is 0. The van der Waals surface area contributed by atoms with Crippen molar-refractivity contribution in [2.24, 2.45) is 5.73 Å². The second-order valence-electron chi connectivity index (χ2n) is 6.00. The standard InChI is InChI=1S/C17H19FN4O2/c18-13-4-2-1-3-12(13)9-16(23)22-7-5-11(6-8-22)14-10-15(17(19)24)21-20-14/h1-4,10-11H,5-9H2,(H2,19,24)(H,20,21). The van der Waals surface area contributed by atoms with Crippen LogP contribution in [0.25, 0.3) is 0 Å². The van der Waals surface area contributed by atoms with E-state index in [-0.39, 0.29) is 29.8 Å². The molecule has 0 spiro atoms. The van der Waals surface area contributed by atoms with Crippen LogP contribution in [0.15, 0.2) is 30.3 Å². The van der Waals surface area contributed by atoms with Crippen LogP contribution in [0.5, 0.6) is 0 Å². The van der Waals surface area contributed by atoms with Crippen LogP contribution in [0.2, 0.25) is 0 Å². The van der Waals surface area contributed by atoms with E-state index in [1.807, 2.05) is 0 Å². The lowest BCUT2D eigenvalue weighted by Crippen LogP contribution is -2.39. The summed E-state index contributed by atoms with van der Waals surface area (Å²) in [6.07, 6.45) is 1.61. The molecule has 0 bridgehead atoms. The Morgan fingerprint density at radius 2 is 2.00 bits per heavy atom.